The summed E-state index contributed by atoms with van der Waals surface area (Å²) < 4.78 is 2.02. The van der Waals surface area contributed by atoms with E-state index in [2.05, 4.69) is 58.3 Å². The number of pyridine rings is 1. The number of aromatic nitrogens is 5. The van der Waals surface area contributed by atoms with Gasteiger partial charge in [0.1, 0.15) is 6.04 Å². The molecule has 1 aliphatic carbocycles. The van der Waals surface area contributed by atoms with Gasteiger partial charge in [0.2, 0.25) is 0 Å². The summed E-state index contributed by atoms with van der Waals surface area (Å²) >= 11 is 0. The summed E-state index contributed by atoms with van der Waals surface area (Å²) in [6.45, 7) is 8.38. The van der Waals surface area contributed by atoms with Crippen LogP contribution in [0.25, 0.3) is 10.9 Å². The van der Waals surface area contributed by atoms with E-state index in [0.717, 1.165) is 66.6 Å². The normalized spacial score (nSPS) is 20.0. The van der Waals surface area contributed by atoms with Crippen molar-refractivity contribution < 1.29 is 0 Å². The van der Waals surface area contributed by atoms with Crippen molar-refractivity contribution in [1.82, 2.24) is 30.1 Å². The number of fused-ring (bicyclic) bond motifs is 1. The Bertz CT molecular complexity index is 1130. The Morgan fingerprint density at radius 1 is 1.06 bits per heavy atom. The van der Waals surface area contributed by atoms with Crippen LogP contribution in [0.4, 0.5) is 0 Å². The summed E-state index contributed by atoms with van der Waals surface area (Å²) in [7, 11) is 0. The molecule has 0 unspecified atom stereocenters. The summed E-state index contributed by atoms with van der Waals surface area (Å²) in [5, 5.41) is 14.1. The molecule has 1 saturated heterocycles. The van der Waals surface area contributed by atoms with E-state index >= 15 is 0 Å². The third kappa shape index (κ3) is 3.80. The molecule has 0 amide bonds. The van der Waals surface area contributed by atoms with E-state index < -0.39 is 0 Å². The molecule has 3 aromatic rings. The van der Waals surface area contributed by atoms with Crippen molar-refractivity contribution in [2.24, 2.45) is 5.92 Å². The molecule has 164 valence electrons. The fourth-order valence-corrected chi connectivity index (χ4v) is 5.47. The molecule has 2 fully saturated rings. The van der Waals surface area contributed by atoms with Gasteiger partial charge >= 0.3 is 0 Å². The number of tetrazole rings is 1. The van der Waals surface area contributed by atoms with Crippen LogP contribution in [0, 0.1) is 19.8 Å². The van der Waals surface area contributed by atoms with Gasteiger partial charge in [0.15, 0.2) is 5.82 Å². The second kappa shape index (κ2) is 8.19. The number of aryl methyl sites for hydroxylation is 2. The number of piperidine rings is 1. The van der Waals surface area contributed by atoms with Crippen molar-refractivity contribution in [1.29, 1.82) is 0 Å². The molecule has 0 radical (unpaired) electrons. The zero-order chi connectivity index (χ0) is 21.5. The Kier molecular flexibility index (Phi) is 5.38. The van der Waals surface area contributed by atoms with Crippen LogP contribution in [0.2, 0.25) is 0 Å². The van der Waals surface area contributed by atoms with Gasteiger partial charge in [-0.1, -0.05) is 25.8 Å². The average Bonchev–Trinajstić information content (AvgIpc) is 3.42. The first-order valence-corrected chi connectivity index (χ1v) is 11.7. The minimum absolute atomic E-state index is 0.0397. The van der Waals surface area contributed by atoms with Crippen LogP contribution in [0.15, 0.2) is 23.0 Å². The number of nitrogens with zero attached hydrogens (tertiary/aromatic N) is 5. The second-order valence-corrected chi connectivity index (χ2v) is 9.64. The molecule has 2 aliphatic rings. The number of likely N-dealkylation sites (tertiary alicyclic amines) is 1. The van der Waals surface area contributed by atoms with Crippen molar-refractivity contribution in [3.63, 3.8) is 0 Å². The zero-order valence-corrected chi connectivity index (χ0v) is 18.8. The maximum atomic E-state index is 13.4. The molecule has 1 saturated carbocycles. The molecule has 5 rings (SSSR count). The number of hydrogen-bond donors (Lipinski definition) is 1. The topological polar surface area (TPSA) is 79.7 Å². The number of H-pyrrole nitrogens is 1. The second-order valence-electron chi connectivity index (χ2n) is 9.64. The Labute approximate surface area is 182 Å². The molecule has 2 aromatic heterocycles. The highest BCUT2D eigenvalue weighted by atomic mass is 16.1. The SMILES string of the molecule is Cc1cc(C)c2cc([C@@H](c3nnnn3C3CCCC3)N3CCC(C)CC3)c(=O)[nH]c2c1. The van der Waals surface area contributed by atoms with Gasteiger partial charge in [-0.3, -0.25) is 9.69 Å². The lowest BCUT2D eigenvalue weighted by Gasteiger charge is -2.36. The summed E-state index contributed by atoms with van der Waals surface area (Å²) in [5.41, 5.74) is 3.94. The molecule has 0 bridgehead atoms. The predicted octanol–water partition coefficient (Wildman–Crippen LogP) is 4.07. The first-order valence-electron chi connectivity index (χ1n) is 11.7. The summed E-state index contributed by atoms with van der Waals surface area (Å²) in [6.07, 6.45) is 6.90. The van der Waals surface area contributed by atoms with E-state index in [9.17, 15) is 4.79 Å². The van der Waals surface area contributed by atoms with E-state index in [1.54, 1.807) is 0 Å². The average molecular weight is 421 g/mol. The highest BCUT2D eigenvalue weighted by Crippen LogP contribution is 2.35. The number of rotatable bonds is 4. The first-order chi connectivity index (χ1) is 15.0. The van der Waals surface area contributed by atoms with Crippen LogP contribution in [0.1, 0.15) is 80.0 Å². The molecule has 3 heterocycles. The van der Waals surface area contributed by atoms with Gasteiger partial charge in [-0.05, 0) is 92.2 Å². The van der Waals surface area contributed by atoms with Crippen molar-refractivity contribution in [3.8, 4) is 0 Å². The standard InChI is InChI=1S/C24H32N6O/c1-15-8-10-29(11-9-15)22(23-26-27-28-30(23)18-6-4-5-7-18)20-14-19-17(3)12-16(2)13-21(19)25-24(20)31/h12-15,18,22H,4-11H2,1-3H3,(H,25,31)/t22-/m0/s1. The van der Waals surface area contributed by atoms with Crippen molar-refractivity contribution in [2.45, 2.75) is 71.4 Å². The van der Waals surface area contributed by atoms with Gasteiger partial charge in [0.05, 0.1) is 6.04 Å². The van der Waals surface area contributed by atoms with Crippen molar-refractivity contribution in [2.75, 3.05) is 13.1 Å². The highest BCUT2D eigenvalue weighted by molar-refractivity contribution is 5.83. The summed E-state index contributed by atoms with van der Waals surface area (Å²) in [5.74, 6) is 1.53. The van der Waals surface area contributed by atoms with Gasteiger partial charge in [0.25, 0.3) is 5.56 Å². The van der Waals surface area contributed by atoms with E-state index in [4.69, 9.17) is 0 Å². The fourth-order valence-electron chi connectivity index (χ4n) is 5.47. The predicted molar refractivity (Wildman–Crippen MR) is 121 cm³/mol. The van der Waals surface area contributed by atoms with Crippen LogP contribution in [0.3, 0.4) is 0 Å². The molecule has 1 aliphatic heterocycles. The maximum absolute atomic E-state index is 13.4. The number of benzene rings is 1. The molecule has 31 heavy (non-hydrogen) atoms. The zero-order valence-electron chi connectivity index (χ0n) is 18.8. The monoisotopic (exact) mass is 420 g/mol. The minimum atomic E-state index is -0.225. The smallest absolute Gasteiger partial charge is 0.253 e. The van der Waals surface area contributed by atoms with Gasteiger partial charge in [0, 0.05) is 16.5 Å². The van der Waals surface area contributed by atoms with Crippen LogP contribution >= 0.6 is 0 Å². The molecule has 1 aromatic carbocycles. The summed E-state index contributed by atoms with van der Waals surface area (Å²) in [6, 6.07) is 6.41. The Hall–Kier alpha value is -2.54. The minimum Gasteiger partial charge on any atom is -0.322 e. The van der Waals surface area contributed by atoms with Crippen molar-refractivity contribution >= 4 is 10.9 Å². The van der Waals surface area contributed by atoms with Gasteiger partial charge < -0.3 is 4.98 Å². The quantitative estimate of drug-likeness (QED) is 0.688. The third-order valence-corrected chi connectivity index (χ3v) is 7.25. The molecule has 1 atom stereocenters. The molecule has 7 nitrogen and oxygen atoms in total. The maximum Gasteiger partial charge on any atom is 0.253 e. The van der Waals surface area contributed by atoms with E-state index in [-0.39, 0.29) is 11.6 Å². The lowest BCUT2D eigenvalue weighted by molar-refractivity contribution is 0.147. The molecule has 7 heteroatoms. The highest BCUT2D eigenvalue weighted by Gasteiger charge is 2.34. The fraction of sp³-hybridized carbons (Fsp3) is 0.583. The lowest BCUT2D eigenvalue weighted by atomic mass is 9.94. The molecule has 0 spiro atoms. The van der Waals surface area contributed by atoms with Crippen LogP contribution in [-0.4, -0.2) is 43.2 Å². The van der Waals surface area contributed by atoms with Gasteiger partial charge in [-0.25, -0.2) is 4.68 Å². The molecule has 1 N–H and O–H groups in total. The number of aromatic amines is 1. The first kappa shape index (κ1) is 20.4. The number of nitrogens with one attached hydrogen (secondary N) is 1. The Morgan fingerprint density at radius 3 is 2.55 bits per heavy atom. The van der Waals surface area contributed by atoms with Crippen LogP contribution in [-0.2, 0) is 0 Å². The molecular weight excluding hydrogens is 388 g/mol. The Balaban J connectivity index is 1.66. The lowest BCUT2D eigenvalue weighted by Crippen LogP contribution is -2.40. The van der Waals surface area contributed by atoms with Gasteiger partial charge in [-0.2, -0.15) is 0 Å². The van der Waals surface area contributed by atoms with E-state index in [1.807, 2.05) is 10.7 Å². The van der Waals surface area contributed by atoms with Crippen LogP contribution < -0.4 is 5.56 Å². The number of hydrogen-bond acceptors (Lipinski definition) is 5. The van der Waals surface area contributed by atoms with E-state index in [0.29, 0.717) is 12.0 Å². The molecular formula is C24H32N6O. The van der Waals surface area contributed by atoms with Crippen molar-refractivity contribution in [3.05, 3.63) is 51.1 Å². The summed E-state index contributed by atoms with van der Waals surface area (Å²) in [4.78, 5) is 18.9. The third-order valence-electron chi connectivity index (χ3n) is 7.25. The van der Waals surface area contributed by atoms with E-state index in [1.165, 1.54) is 18.4 Å². The van der Waals surface area contributed by atoms with Gasteiger partial charge in [-0.15, -0.1) is 5.10 Å². The largest absolute Gasteiger partial charge is 0.322 e. The van der Waals surface area contributed by atoms with Crippen LogP contribution in [0.5, 0.6) is 0 Å². The Morgan fingerprint density at radius 2 is 1.81 bits per heavy atom.